The van der Waals surface area contributed by atoms with E-state index in [4.69, 9.17) is 54.1 Å². The van der Waals surface area contributed by atoms with Crippen LogP contribution in [0, 0.1) is 0 Å². The van der Waals surface area contributed by atoms with Crippen LogP contribution in [0.25, 0.3) is 0 Å². The molecule has 4 aliphatic heterocycles. The van der Waals surface area contributed by atoms with Gasteiger partial charge in [0.05, 0.1) is 0 Å². The molecule has 11 fully saturated rings. The van der Waals surface area contributed by atoms with Gasteiger partial charge in [-0.1, -0.05) is 169 Å². The van der Waals surface area contributed by atoms with E-state index in [1.807, 2.05) is 30.3 Å². The lowest BCUT2D eigenvalue weighted by atomic mass is 10.3. The van der Waals surface area contributed by atoms with Crippen LogP contribution in [-0.2, 0) is 49.6 Å². The van der Waals surface area contributed by atoms with E-state index in [-0.39, 0.29) is 38.8 Å². The van der Waals surface area contributed by atoms with E-state index in [1.54, 1.807) is 0 Å². The van der Waals surface area contributed by atoms with Crippen molar-refractivity contribution >= 4 is 88.9 Å². The predicted molar refractivity (Wildman–Crippen MR) is 307 cm³/mol. The fourth-order valence-corrected chi connectivity index (χ4v) is 70.9. The first-order valence-corrected chi connectivity index (χ1v) is 46.3. The molecule has 412 valence electrons. The van der Waals surface area contributed by atoms with Crippen molar-refractivity contribution in [1.29, 1.82) is 0 Å². The van der Waals surface area contributed by atoms with Crippen LogP contribution in [0.15, 0.2) is 91.0 Å². The number of fused-ring (bicyclic) bond motifs is 4. The van der Waals surface area contributed by atoms with Crippen LogP contribution < -0.4 is 14.9 Å². The van der Waals surface area contributed by atoms with Gasteiger partial charge < -0.3 is 45.7 Å². The first kappa shape index (κ1) is 53.2. The molecule has 0 radical (unpaired) electrons. The normalized spacial score (nSPS) is 39.6. The van der Waals surface area contributed by atoms with Gasteiger partial charge in [-0.15, -0.1) is 0 Å². The van der Waals surface area contributed by atoms with Gasteiger partial charge >= 0.3 is 70.2 Å². The summed E-state index contributed by atoms with van der Waals surface area (Å²) in [5.41, 5.74) is -0.425. The molecule has 6 bridgehead atoms. The first-order valence-electron chi connectivity index (χ1n) is 30.2. The lowest BCUT2D eigenvalue weighted by molar-refractivity contribution is -0.0133. The minimum atomic E-state index is -4.29. The lowest BCUT2D eigenvalue weighted by Crippen LogP contribution is -2.86. The van der Waals surface area contributed by atoms with Crippen molar-refractivity contribution in [2.75, 3.05) is 0 Å². The average Bonchev–Trinajstić information content (AvgIpc) is 4.22. The molecule has 3 aromatic carbocycles. The van der Waals surface area contributed by atoms with Crippen molar-refractivity contribution < 1.29 is 54.1 Å². The molecule has 22 heteroatoms. The molecule has 7 saturated carbocycles. The van der Waals surface area contributed by atoms with Crippen LogP contribution in [0.1, 0.15) is 180 Å². The number of rotatable bonds is 13. The zero-order valence-corrected chi connectivity index (χ0v) is 53.6. The van der Waals surface area contributed by atoms with Gasteiger partial charge in [-0.3, -0.25) is 8.43 Å². The molecule has 7 aliphatic carbocycles. The number of benzene rings is 3. The Morgan fingerprint density at radius 2 is 0.605 bits per heavy atom. The maximum Gasteiger partial charge on any atom is 0.496 e. The van der Waals surface area contributed by atoms with Crippen molar-refractivity contribution in [2.45, 2.75) is 225 Å². The van der Waals surface area contributed by atoms with E-state index in [1.165, 1.54) is 10.4 Å². The number of hydrogen-bond donors (Lipinski definition) is 0. The SMILES string of the molecule is C[Si](O[Si]1(C2CCCC2)O[Si]2(C3CCCC3)O[Si]3(C4CCCC4)OP(Oc4ccccc4)O[Si]4(C5CCCC5)O[Si](C5CCCC5)(O3)O[Si](C3CCCC3)(O2)O[Si](C2CCCC2)(O4)O1)(c1ccccc1)c1ccccc1. The third kappa shape index (κ3) is 9.50. The summed E-state index contributed by atoms with van der Waals surface area (Å²) in [7, 11) is -34.9. The molecule has 0 N–H and O–H groups in total. The summed E-state index contributed by atoms with van der Waals surface area (Å²) >= 11 is 0. The Labute approximate surface area is 462 Å². The predicted octanol–water partition coefficient (Wildman–Crippen LogP) is 14.1. The largest absolute Gasteiger partial charge is 0.496 e. The quantitative estimate of drug-likeness (QED) is 0.119. The topological polar surface area (TPSA) is 120 Å². The van der Waals surface area contributed by atoms with Gasteiger partial charge in [-0.05, 0) is 119 Å². The average molecular weight is 1190 g/mol. The van der Waals surface area contributed by atoms with E-state index in [9.17, 15) is 0 Å². The third-order valence-electron chi connectivity index (χ3n) is 19.9. The second kappa shape index (κ2) is 21.4. The van der Waals surface area contributed by atoms with Gasteiger partial charge in [-0.2, -0.15) is 0 Å². The zero-order chi connectivity index (χ0) is 50.9. The zero-order valence-electron chi connectivity index (χ0n) is 44.8. The van der Waals surface area contributed by atoms with Crippen molar-refractivity contribution in [3.8, 4) is 5.75 Å². The Morgan fingerprint density at radius 3 is 0.934 bits per heavy atom. The van der Waals surface area contributed by atoms with Gasteiger partial charge in [0.2, 0.25) is 8.32 Å². The van der Waals surface area contributed by atoms with Crippen LogP contribution in [0.5, 0.6) is 5.75 Å². The van der Waals surface area contributed by atoms with Gasteiger partial charge in [0.25, 0.3) is 0 Å². The van der Waals surface area contributed by atoms with Crippen LogP contribution in [0.4, 0.5) is 0 Å². The van der Waals surface area contributed by atoms with Gasteiger partial charge in [0.1, 0.15) is 5.75 Å². The summed E-state index contributed by atoms with van der Waals surface area (Å²) in [6.45, 7) is 2.38. The monoisotopic (exact) mass is 1190 g/mol. The second-order valence-electron chi connectivity index (χ2n) is 24.7. The standard InChI is InChI=1S/C54H81O13PSi8/c1-69(46-27-7-3-8-28-46,47-29-9-4-10-30-47)58-72(50-35-15-16-36-50)63-74(52-39-19-20-40-52)61-70(48-31-11-12-32-48)56-68(55-45-25-5-2-6-26-45)57-71(49-33-13-14-34-49)60-73(59-70,51-37-17-18-38-51)65-76(66-74,54-43-23-24-44-54)67-75(62-71,64-72)53-41-21-22-42-53/h2-10,25-30,48-54H,11-24,31-44H2,1H3. The molecular formula is C54H81O13PSi8. The summed E-state index contributed by atoms with van der Waals surface area (Å²) in [4.78, 5) is 0. The smallest absolute Gasteiger partial charge is 0.428 e. The van der Waals surface area contributed by atoms with Crippen LogP contribution in [0.2, 0.25) is 45.3 Å². The minimum absolute atomic E-state index is 0.0156. The highest BCUT2D eigenvalue weighted by molar-refractivity contribution is 7.46. The van der Waals surface area contributed by atoms with E-state index in [0.717, 1.165) is 180 Å². The van der Waals surface area contributed by atoms with Crippen molar-refractivity contribution in [2.24, 2.45) is 0 Å². The minimum Gasteiger partial charge on any atom is -0.428 e. The molecule has 0 amide bonds. The Bertz CT molecular complexity index is 2350. The highest BCUT2D eigenvalue weighted by Gasteiger charge is 2.85. The summed E-state index contributed by atoms with van der Waals surface area (Å²) in [6.07, 6.45) is 27.4. The molecular weight excluding hydrogens is 1110 g/mol. The lowest BCUT2D eigenvalue weighted by Gasteiger charge is -2.63. The Morgan fingerprint density at radius 1 is 0.342 bits per heavy atom. The molecule has 13 nitrogen and oxygen atoms in total. The Balaban J connectivity index is 1.09. The Hall–Kier alpha value is -0.855. The van der Waals surface area contributed by atoms with Gasteiger partial charge in [0, 0.05) is 38.8 Å². The molecule has 4 atom stereocenters. The summed E-state index contributed by atoms with van der Waals surface area (Å²) in [5.74, 6) is 0.665. The summed E-state index contributed by atoms with van der Waals surface area (Å²) in [6, 6.07) is 32.0. The molecule has 11 aliphatic rings. The van der Waals surface area contributed by atoms with E-state index in [2.05, 4.69) is 67.2 Å². The molecule has 0 aromatic heterocycles. The van der Waals surface area contributed by atoms with E-state index < -0.39 is 78.6 Å². The first-order chi connectivity index (χ1) is 37.2. The summed E-state index contributed by atoms with van der Waals surface area (Å²) < 4.78 is 111. The molecule has 76 heavy (non-hydrogen) atoms. The van der Waals surface area contributed by atoms with E-state index >= 15 is 0 Å². The van der Waals surface area contributed by atoms with Crippen molar-refractivity contribution in [1.82, 2.24) is 0 Å². The van der Waals surface area contributed by atoms with Crippen molar-refractivity contribution in [3.05, 3.63) is 91.0 Å². The van der Waals surface area contributed by atoms with Crippen molar-refractivity contribution in [3.63, 3.8) is 0 Å². The van der Waals surface area contributed by atoms with Crippen LogP contribution >= 0.6 is 8.60 Å². The molecule has 4 saturated heterocycles. The second-order valence-corrected chi connectivity index (χ2v) is 52.3. The fraction of sp³-hybridized carbons (Fsp3) is 0.667. The maximum absolute atomic E-state index is 8.93. The molecule has 0 spiro atoms. The number of para-hydroxylation sites is 1. The highest BCUT2D eigenvalue weighted by Crippen LogP contribution is 2.67. The van der Waals surface area contributed by atoms with Gasteiger partial charge in [0.15, 0.2) is 0 Å². The summed E-state index contributed by atoms with van der Waals surface area (Å²) in [5, 5.41) is 2.34. The van der Waals surface area contributed by atoms with Crippen LogP contribution in [-0.4, -0.2) is 69.9 Å². The molecule has 14 rings (SSSR count). The fourth-order valence-electron chi connectivity index (χ4n) is 15.8. The third-order valence-corrected chi connectivity index (χ3v) is 60.6. The molecule has 4 unspecified atom stereocenters. The van der Waals surface area contributed by atoms with Crippen LogP contribution in [0.3, 0.4) is 0 Å². The molecule has 3 aromatic rings. The number of hydrogen-bond acceptors (Lipinski definition) is 13. The van der Waals surface area contributed by atoms with Gasteiger partial charge in [-0.25, -0.2) is 0 Å². The molecule has 4 heterocycles. The maximum atomic E-state index is 8.93. The Kier molecular flexibility index (Phi) is 15.0. The van der Waals surface area contributed by atoms with E-state index in [0.29, 0.717) is 5.75 Å². The highest BCUT2D eigenvalue weighted by atomic mass is 31.2.